The first-order chi connectivity index (χ1) is 8.88. The molecule has 2 aromatic heterocycles. The second-order valence-electron chi connectivity index (χ2n) is 4.19. The molecule has 1 N–H and O–H groups in total. The van der Waals surface area contributed by atoms with Gasteiger partial charge in [-0.1, -0.05) is 17.8 Å². The summed E-state index contributed by atoms with van der Waals surface area (Å²) in [6.07, 6.45) is 4.16. The van der Waals surface area contributed by atoms with Gasteiger partial charge < -0.3 is 5.32 Å². The molecule has 3 rings (SSSR count). The normalized spacial score (nSPS) is 14.7. The Bertz CT molecular complexity index is 536. The van der Waals surface area contributed by atoms with Crippen LogP contribution in [-0.4, -0.2) is 32.2 Å². The highest BCUT2D eigenvalue weighted by Crippen LogP contribution is 2.37. The van der Waals surface area contributed by atoms with Gasteiger partial charge in [0.2, 0.25) is 5.16 Å². The van der Waals surface area contributed by atoms with E-state index in [1.54, 1.807) is 18.0 Å². The summed E-state index contributed by atoms with van der Waals surface area (Å²) in [5, 5.41) is 15.8. The van der Waals surface area contributed by atoms with Gasteiger partial charge in [-0.25, -0.2) is 9.67 Å². The summed E-state index contributed by atoms with van der Waals surface area (Å²) in [5.74, 6) is 1.73. The predicted molar refractivity (Wildman–Crippen MR) is 69.4 cm³/mol. The van der Waals surface area contributed by atoms with Crippen LogP contribution in [0.15, 0.2) is 23.5 Å². The summed E-state index contributed by atoms with van der Waals surface area (Å²) < 4.78 is 1.93. The predicted octanol–water partition coefficient (Wildman–Crippen LogP) is 1.74. The van der Waals surface area contributed by atoms with Crippen molar-refractivity contribution in [2.75, 3.05) is 12.4 Å². The fourth-order valence-corrected chi connectivity index (χ4v) is 2.68. The van der Waals surface area contributed by atoms with Crippen molar-refractivity contribution in [3.8, 4) is 0 Å². The highest BCUT2D eigenvalue weighted by Gasteiger charge is 2.27. The maximum Gasteiger partial charge on any atom is 0.209 e. The van der Waals surface area contributed by atoms with E-state index < -0.39 is 0 Å². The summed E-state index contributed by atoms with van der Waals surface area (Å²) in [7, 11) is 1.88. The first kappa shape index (κ1) is 11.5. The van der Waals surface area contributed by atoms with E-state index in [1.807, 2.05) is 17.8 Å². The van der Waals surface area contributed by atoms with Crippen LogP contribution in [0.3, 0.4) is 0 Å². The monoisotopic (exact) mass is 262 g/mol. The lowest BCUT2D eigenvalue weighted by molar-refractivity contribution is 0.565. The van der Waals surface area contributed by atoms with Gasteiger partial charge in [0.1, 0.15) is 5.82 Å². The lowest BCUT2D eigenvalue weighted by Crippen LogP contribution is -2.00. The maximum atomic E-state index is 4.28. The molecule has 1 aliphatic rings. The van der Waals surface area contributed by atoms with Crippen LogP contribution in [0.4, 0.5) is 5.82 Å². The third kappa shape index (κ3) is 2.31. The Morgan fingerprint density at radius 3 is 3.17 bits per heavy atom. The first-order valence-corrected chi connectivity index (χ1v) is 6.89. The molecule has 0 amide bonds. The van der Waals surface area contributed by atoms with Crippen LogP contribution in [0.2, 0.25) is 0 Å². The van der Waals surface area contributed by atoms with E-state index in [0.717, 1.165) is 22.3 Å². The van der Waals surface area contributed by atoms with Crippen molar-refractivity contribution < 1.29 is 0 Å². The van der Waals surface area contributed by atoms with E-state index in [9.17, 15) is 0 Å². The van der Waals surface area contributed by atoms with Crippen LogP contribution < -0.4 is 5.32 Å². The van der Waals surface area contributed by atoms with Crippen LogP contribution in [0.5, 0.6) is 0 Å². The Kier molecular flexibility index (Phi) is 3.14. The molecule has 0 bridgehead atoms. The fourth-order valence-electron chi connectivity index (χ4n) is 1.75. The van der Waals surface area contributed by atoms with Crippen molar-refractivity contribution in [2.24, 2.45) is 0 Å². The van der Waals surface area contributed by atoms with Gasteiger partial charge in [0.25, 0.3) is 0 Å². The first-order valence-electron chi connectivity index (χ1n) is 5.91. The molecule has 2 aromatic rings. The molecule has 0 atom stereocenters. The molecule has 0 aromatic carbocycles. The van der Waals surface area contributed by atoms with Gasteiger partial charge in [-0.2, -0.15) is 0 Å². The number of rotatable bonds is 5. The van der Waals surface area contributed by atoms with Gasteiger partial charge in [-0.3, -0.25) is 0 Å². The summed E-state index contributed by atoms with van der Waals surface area (Å²) >= 11 is 1.65. The molecular formula is C11H14N6S. The second-order valence-corrected chi connectivity index (χ2v) is 5.13. The number of hydrogen-bond acceptors (Lipinski definition) is 6. The number of tetrazole rings is 1. The van der Waals surface area contributed by atoms with Crippen LogP contribution in [0.25, 0.3) is 0 Å². The van der Waals surface area contributed by atoms with Gasteiger partial charge in [0.05, 0.1) is 6.04 Å². The van der Waals surface area contributed by atoms with Gasteiger partial charge >= 0.3 is 0 Å². The maximum absolute atomic E-state index is 4.28. The van der Waals surface area contributed by atoms with Gasteiger partial charge in [0, 0.05) is 24.6 Å². The molecule has 0 spiro atoms. The molecular weight excluding hydrogens is 248 g/mol. The van der Waals surface area contributed by atoms with Crippen molar-refractivity contribution in [1.82, 2.24) is 25.2 Å². The molecule has 2 heterocycles. The second kappa shape index (κ2) is 4.93. The van der Waals surface area contributed by atoms with Crippen molar-refractivity contribution in [2.45, 2.75) is 29.8 Å². The Morgan fingerprint density at radius 1 is 1.50 bits per heavy atom. The van der Waals surface area contributed by atoms with Crippen LogP contribution in [0.1, 0.15) is 24.4 Å². The number of aromatic nitrogens is 5. The minimum absolute atomic E-state index is 0.514. The molecule has 0 saturated heterocycles. The SMILES string of the molecule is CNc1ncccc1CSc1nnnn1C1CC1. The van der Waals surface area contributed by atoms with Crippen LogP contribution in [0, 0.1) is 0 Å². The minimum Gasteiger partial charge on any atom is -0.373 e. The van der Waals surface area contributed by atoms with Gasteiger partial charge in [0.15, 0.2) is 0 Å². The number of pyridine rings is 1. The molecule has 1 saturated carbocycles. The van der Waals surface area contributed by atoms with Crippen LogP contribution >= 0.6 is 11.8 Å². The highest BCUT2D eigenvalue weighted by molar-refractivity contribution is 7.98. The largest absolute Gasteiger partial charge is 0.373 e. The topological polar surface area (TPSA) is 68.5 Å². The molecule has 1 aliphatic carbocycles. The van der Waals surface area contributed by atoms with E-state index in [-0.39, 0.29) is 0 Å². The number of hydrogen-bond donors (Lipinski definition) is 1. The quantitative estimate of drug-likeness (QED) is 0.828. The molecule has 6 nitrogen and oxygen atoms in total. The van der Waals surface area contributed by atoms with E-state index in [1.165, 1.54) is 12.8 Å². The third-order valence-corrected chi connectivity index (χ3v) is 3.82. The number of thioether (sulfide) groups is 1. The number of anilines is 1. The molecule has 94 valence electrons. The lowest BCUT2D eigenvalue weighted by atomic mass is 10.3. The molecule has 1 fully saturated rings. The van der Waals surface area contributed by atoms with E-state index in [4.69, 9.17) is 0 Å². The molecule has 0 aliphatic heterocycles. The summed E-state index contributed by atoms with van der Waals surface area (Å²) in [6.45, 7) is 0. The highest BCUT2D eigenvalue weighted by atomic mass is 32.2. The molecule has 7 heteroatoms. The summed E-state index contributed by atoms with van der Waals surface area (Å²) in [6, 6.07) is 4.53. The Morgan fingerprint density at radius 2 is 2.39 bits per heavy atom. The Labute approximate surface area is 109 Å². The Balaban J connectivity index is 1.71. The van der Waals surface area contributed by atoms with Gasteiger partial charge in [-0.15, -0.1) is 5.10 Å². The van der Waals surface area contributed by atoms with Crippen molar-refractivity contribution in [1.29, 1.82) is 0 Å². The average Bonchev–Trinajstić information content (AvgIpc) is 3.16. The minimum atomic E-state index is 0.514. The Hall–Kier alpha value is -1.63. The molecule has 0 radical (unpaired) electrons. The van der Waals surface area contributed by atoms with E-state index in [2.05, 4.69) is 31.9 Å². The standard InChI is InChI=1S/C11H14N6S/c1-12-10-8(3-2-6-13-10)7-18-11-14-15-16-17(11)9-4-5-9/h2-3,6,9H,4-5,7H2,1H3,(H,12,13). The fraction of sp³-hybridized carbons (Fsp3) is 0.455. The van der Waals surface area contributed by atoms with E-state index >= 15 is 0 Å². The van der Waals surface area contributed by atoms with Crippen molar-refractivity contribution in [3.05, 3.63) is 23.9 Å². The zero-order chi connectivity index (χ0) is 12.4. The van der Waals surface area contributed by atoms with Crippen molar-refractivity contribution in [3.63, 3.8) is 0 Å². The van der Waals surface area contributed by atoms with Gasteiger partial charge in [-0.05, 0) is 29.3 Å². The smallest absolute Gasteiger partial charge is 0.209 e. The summed E-state index contributed by atoms with van der Waals surface area (Å²) in [5.41, 5.74) is 1.16. The van der Waals surface area contributed by atoms with E-state index in [0.29, 0.717) is 6.04 Å². The number of nitrogens with zero attached hydrogens (tertiary/aromatic N) is 5. The molecule has 18 heavy (non-hydrogen) atoms. The zero-order valence-corrected chi connectivity index (χ0v) is 10.9. The van der Waals surface area contributed by atoms with Crippen molar-refractivity contribution >= 4 is 17.6 Å². The summed E-state index contributed by atoms with van der Waals surface area (Å²) in [4.78, 5) is 4.28. The lowest BCUT2D eigenvalue weighted by Gasteiger charge is -2.06. The number of nitrogens with one attached hydrogen (secondary N) is 1. The third-order valence-electron chi connectivity index (χ3n) is 2.84. The molecule has 0 unspecified atom stereocenters. The van der Waals surface area contributed by atoms with Crippen LogP contribution in [-0.2, 0) is 5.75 Å². The zero-order valence-electron chi connectivity index (χ0n) is 10.1. The average molecular weight is 262 g/mol.